The second kappa shape index (κ2) is 9.14. The van der Waals surface area contributed by atoms with Gasteiger partial charge in [0.2, 0.25) is 0 Å². The molecule has 3 rings (SSSR count). The normalized spacial score (nSPS) is 25.0. The minimum Gasteiger partial charge on any atom is -0.475 e. The summed E-state index contributed by atoms with van der Waals surface area (Å²) < 4.78 is 37.2. The van der Waals surface area contributed by atoms with Crippen molar-refractivity contribution in [3.8, 4) is 0 Å². The summed E-state index contributed by atoms with van der Waals surface area (Å²) in [5.74, 6) is -2.72. The van der Waals surface area contributed by atoms with Crippen molar-refractivity contribution < 1.29 is 37.7 Å². The molecule has 3 atom stereocenters. The van der Waals surface area contributed by atoms with Gasteiger partial charge in [0.1, 0.15) is 6.10 Å². The average Bonchev–Trinajstić information content (AvgIpc) is 3.26. The molecule has 2 aliphatic rings. The zero-order chi connectivity index (χ0) is 20.0. The molecule has 2 aliphatic heterocycles. The maximum Gasteiger partial charge on any atom is 0.490 e. The van der Waals surface area contributed by atoms with E-state index in [0.717, 1.165) is 18.4 Å². The molecule has 10 heteroatoms. The lowest BCUT2D eigenvalue weighted by Gasteiger charge is -2.28. The number of likely N-dealkylation sites (tertiary alicyclic amines) is 1. The van der Waals surface area contributed by atoms with Crippen molar-refractivity contribution in [3.63, 3.8) is 0 Å². The Morgan fingerprint density at radius 1 is 1.26 bits per heavy atom. The van der Waals surface area contributed by atoms with Gasteiger partial charge in [0.25, 0.3) is 5.91 Å². The summed E-state index contributed by atoms with van der Waals surface area (Å²) in [5, 5.41) is 17.3. The highest BCUT2D eigenvalue weighted by Crippen LogP contribution is 2.25. The first-order valence-electron chi connectivity index (χ1n) is 8.49. The number of carboxylic acid groups (broad SMARTS) is 1. The van der Waals surface area contributed by atoms with Gasteiger partial charge in [-0.05, 0) is 43.4 Å². The van der Waals surface area contributed by atoms with Crippen LogP contribution in [0.5, 0.6) is 0 Å². The van der Waals surface area contributed by atoms with E-state index in [2.05, 4.69) is 4.98 Å². The van der Waals surface area contributed by atoms with Crippen LogP contribution in [-0.4, -0.2) is 69.6 Å². The average molecular weight is 390 g/mol. The topological polar surface area (TPSA) is 100.0 Å². The van der Waals surface area contributed by atoms with Crippen LogP contribution in [-0.2, 0) is 20.7 Å². The van der Waals surface area contributed by atoms with Crippen LogP contribution in [0.15, 0.2) is 24.5 Å². The fraction of sp³-hybridized carbons (Fsp3) is 0.588. The number of ether oxygens (including phenoxy) is 1. The van der Waals surface area contributed by atoms with E-state index in [0.29, 0.717) is 26.0 Å². The molecule has 2 saturated heterocycles. The maximum absolute atomic E-state index is 12.5. The van der Waals surface area contributed by atoms with Crippen molar-refractivity contribution in [1.29, 1.82) is 0 Å². The molecule has 0 radical (unpaired) electrons. The third-order valence-corrected chi connectivity index (χ3v) is 4.44. The monoisotopic (exact) mass is 390 g/mol. The van der Waals surface area contributed by atoms with Crippen LogP contribution in [0.2, 0.25) is 0 Å². The zero-order valence-electron chi connectivity index (χ0n) is 14.4. The number of pyridine rings is 1. The summed E-state index contributed by atoms with van der Waals surface area (Å²) in [4.78, 5) is 27.2. The molecule has 3 heterocycles. The third-order valence-electron chi connectivity index (χ3n) is 4.44. The number of hydrogen-bond acceptors (Lipinski definition) is 5. The number of aliphatic carboxylic acids is 1. The number of carbonyl (C=O) groups is 2. The molecule has 0 bridgehead atoms. The van der Waals surface area contributed by atoms with Gasteiger partial charge in [-0.25, -0.2) is 4.79 Å². The largest absolute Gasteiger partial charge is 0.490 e. The molecule has 2 N–H and O–H groups in total. The van der Waals surface area contributed by atoms with Gasteiger partial charge in [-0.3, -0.25) is 9.78 Å². The first-order valence-corrected chi connectivity index (χ1v) is 8.49. The standard InChI is InChI=1S/C15H20N2O3.C2HF3O2/c18-13-5-8-17(15(19)14-2-1-9-20-14)12(13)10-11-3-6-16-7-4-11;3-2(4,5)1(6)7/h3-4,6-7,12-14,18H,1-2,5,8-10H2;(H,6,7)/t12-,13-,14+;/m0./s1. The van der Waals surface area contributed by atoms with E-state index >= 15 is 0 Å². The van der Waals surface area contributed by atoms with Gasteiger partial charge in [-0.2, -0.15) is 13.2 Å². The summed E-state index contributed by atoms with van der Waals surface area (Å²) >= 11 is 0. The number of aliphatic hydroxyl groups is 1. The first-order chi connectivity index (χ1) is 12.7. The molecule has 0 spiro atoms. The van der Waals surface area contributed by atoms with Crippen molar-refractivity contribution in [2.45, 2.75) is 50.1 Å². The summed E-state index contributed by atoms with van der Waals surface area (Å²) in [7, 11) is 0. The van der Waals surface area contributed by atoms with Gasteiger partial charge in [0.05, 0.1) is 12.1 Å². The highest BCUT2D eigenvalue weighted by atomic mass is 19.4. The fourth-order valence-corrected chi connectivity index (χ4v) is 3.07. The predicted octanol–water partition coefficient (Wildman–Crippen LogP) is 1.40. The Morgan fingerprint density at radius 3 is 2.41 bits per heavy atom. The number of hydrogen-bond donors (Lipinski definition) is 2. The number of nitrogens with zero attached hydrogens (tertiary/aromatic N) is 2. The number of rotatable bonds is 3. The molecule has 1 aromatic heterocycles. The Kier molecular flexibility index (Phi) is 7.14. The van der Waals surface area contributed by atoms with Gasteiger partial charge in [-0.15, -0.1) is 0 Å². The summed E-state index contributed by atoms with van der Waals surface area (Å²) in [6, 6.07) is 3.72. The number of halogens is 3. The molecule has 7 nitrogen and oxygen atoms in total. The number of amides is 1. The smallest absolute Gasteiger partial charge is 0.475 e. The molecule has 0 unspecified atom stereocenters. The highest BCUT2D eigenvalue weighted by Gasteiger charge is 2.40. The number of aromatic nitrogens is 1. The van der Waals surface area contributed by atoms with Gasteiger partial charge in [0, 0.05) is 25.5 Å². The molecule has 0 aliphatic carbocycles. The summed E-state index contributed by atoms with van der Waals surface area (Å²) in [6.45, 7) is 1.29. The van der Waals surface area contributed by atoms with Crippen LogP contribution < -0.4 is 0 Å². The van der Waals surface area contributed by atoms with Gasteiger partial charge in [-0.1, -0.05) is 0 Å². The Hall–Kier alpha value is -2.20. The third kappa shape index (κ3) is 5.90. The molecule has 1 aromatic rings. The van der Waals surface area contributed by atoms with Crippen molar-refractivity contribution in [3.05, 3.63) is 30.1 Å². The van der Waals surface area contributed by atoms with Crippen molar-refractivity contribution in [1.82, 2.24) is 9.88 Å². The van der Waals surface area contributed by atoms with E-state index in [1.807, 2.05) is 12.1 Å². The number of carbonyl (C=O) groups excluding carboxylic acids is 1. The van der Waals surface area contributed by atoms with E-state index in [4.69, 9.17) is 14.6 Å². The van der Waals surface area contributed by atoms with Crippen LogP contribution in [0.1, 0.15) is 24.8 Å². The number of aliphatic hydroxyl groups excluding tert-OH is 1. The van der Waals surface area contributed by atoms with Crippen LogP contribution in [0.25, 0.3) is 0 Å². The number of carboxylic acids is 1. The van der Waals surface area contributed by atoms with Gasteiger partial charge in [0.15, 0.2) is 0 Å². The Balaban J connectivity index is 0.000000321. The first kappa shape index (κ1) is 21.1. The molecule has 150 valence electrons. The van der Waals surface area contributed by atoms with E-state index in [-0.39, 0.29) is 18.1 Å². The lowest BCUT2D eigenvalue weighted by molar-refractivity contribution is -0.192. The summed E-state index contributed by atoms with van der Waals surface area (Å²) in [5.41, 5.74) is 1.09. The second-order valence-electron chi connectivity index (χ2n) is 6.32. The van der Waals surface area contributed by atoms with Crippen LogP contribution in [0, 0.1) is 0 Å². The SMILES string of the molecule is O=C(O)C(F)(F)F.O=C([C@H]1CCCO1)N1CC[C@H](O)[C@@H]1Cc1ccncc1. The second-order valence-corrected chi connectivity index (χ2v) is 6.32. The van der Waals surface area contributed by atoms with Crippen LogP contribution in [0.3, 0.4) is 0 Å². The maximum atomic E-state index is 12.5. The van der Waals surface area contributed by atoms with Crippen molar-refractivity contribution in [2.75, 3.05) is 13.2 Å². The molecular weight excluding hydrogens is 369 g/mol. The minimum atomic E-state index is -5.08. The minimum absolute atomic E-state index is 0.0399. The molecule has 0 saturated carbocycles. The molecule has 27 heavy (non-hydrogen) atoms. The van der Waals surface area contributed by atoms with Gasteiger partial charge < -0.3 is 19.8 Å². The zero-order valence-corrected chi connectivity index (χ0v) is 14.4. The Bertz CT molecular complexity index is 635. The molecular formula is C17H21F3N2O5. The van der Waals surface area contributed by atoms with Crippen molar-refractivity contribution >= 4 is 11.9 Å². The highest BCUT2D eigenvalue weighted by molar-refractivity contribution is 5.82. The molecule has 1 amide bonds. The van der Waals surface area contributed by atoms with Crippen LogP contribution in [0.4, 0.5) is 13.2 Å². The quantitative estimate of drug-likeness (QED) is 0.809. The van der Waals surface area contributed by atoms with E-state index < -0.39 is 18.2 Å². The van der Waals surface area contributed by atoms with E-state index in [1.165, 1.54) is 0 Å². The predicted molar refractivity (Wildman–Crippen MR) is 86.7 cm³/mol. The van der Waals surface area contributed by atoms with E-state index in [9.17, 15) is 23.1 Å². The molecule has 2 fully saturated rings. The van der Waals surface area contributed by atoms with Gasteiger partial charge >= 0.3 is 12.1 Å². The van der Waals surface area contributed by atoms with Crippen molar-refractivity contribution in [2.24, 2.45) is 0 Å². The molecule has 0 aromatic carbocycles. The lowest BCUT2D eigenvalue weighted by Crippen LogP contribution is -2.45. The van der Waals surface area contributed by atoms with E-state index in [1.54, 1.807) is 17.3 Å². The van der Waals surface area contributed by atoms with Crippen LogP contribution >= 0.6 is 0 Å². The fourth-order valence-electron chi connectivity index (χ4n) is 3.07. The Labute approximate surface area is 153 Å². The lowest BCUT2D eigenvalue weighted by atomic mass is 10.0. The Morgan fingerprint density at radius 2 is 1.89 bits per heavy atom. The number of alkyl halides is 3. The summed E-state index contributed by atoms with van der Waals surface area (Å²) in [6.07, 6.45) is 0.700.